The molecular weight excluding hydrogens is 570 g/mol. The van der Waals surface area contributed by atoms with Crippen LogP contribution in [0.2, 0.25) is 0 Å². The minimum Gasteiger partial charge on any atom is -0.497 e. The van der Waals surface area contributed by atoms with Crippen LogP contribution in [0.4, 0.5) is 0 Å². The van der Waals surface area contributed by atoms with Crippen LogP contribution in [0.5, 0.6) is 5.75 Å². The maximum absolute atomic E-state index is 13.8. The van der Waals surface area contributed by atoms with E-state index in [4.69, 9.17) is 14.9 Å². The van der Waals surface area contributed by atoms with Crippen LogP contribution in [0.3, 0.4) is 0 Å². The molecule has 4 atom stereocenters. The van der Waals surface area contributed by atoms with Crippen molar-refractivity contribution in [2.75, 3.05) is 40.0 Å². The molecule has 0 radical (unpaired) electrons. The van der Waals surface area contributed by atoms with Gasteiger partial charge in [0.15, 0.2) is 5.60 Å². The molecule has 3 amide bonds. The Morgan fingerprint density at radius 3 is 2.16 bits per heavy atom. The molecule has 2 aromatic carbocycles. The second-order valence-electron chi connectivity index (χ2n) is 11.1. The van der Waals surface area contributed by atoms with Gasteiger partial charge in [0.05, 0.1) is 32.9 Å². The zero-order valence-electron chi connectivity index (χ0n) is 25.3. The normalized spacial score (nSPS) is 17.3. The van der Waals surface area contributed by atoms with Crippen LogP contribution in [0.25, 0.3) is 0 Å². The molecule has 0 bridgehead atoms. The van der Waals surface area contributed by atoms with Gasteiger partial charge in [-0.25, -0.2) is 0 Å². The van der Waals surface area contributed by atoms with Gasteiger partial charge < -0.3 is 46.2 Å². The number of nitrogens with zero attached hydrogens (tertiary/aromatic N) is 1. The Morgan fingerprint density at radius 2 is 1.57 bits per heavy atom. The molecule has 1 fully saturated rings. The van der Waals surface area contributed by atoms with Gasteiger partial charge in [0.1, 0.15) is 17.8 Å². The first-order chi connectivity index (χ1) is 20.9. The summed E-state index contributed by atoms with van der Waals surface area (Å²) in [6.07, 6.45) is 0.384. The molecule has 2 aromatic rings. The first-order valence-electron chi connectivity index (χ1n) is 14.4. The molecule has 0 saturated carbocycles. The monoisotopic (exact) mass is 613 g/mol. The van der Waals surface area contributed by atoms with Gasteiger partial charge in [-0.1, -0.05) is 42.5 Å². The molecule has 0 unspecified atom stereocenters. The topological polar surface area (TPSA) is 194 Å². The summed E-state index contributed by atoms with van der Waals surface area (Å²) in [7, 11) is 1.52. The molecule has 7 N–H and O–H groups in total. The lowest BCUT2D eigenvalue weighted by atomic mass is 9.86. The molecule has 13 nitrogen and oxygen atoms in total. The molecule has 1 aliphatic rings. The van der Waals surface area contributed by atoms with E-state index in [0.29, 0.717) is 49.4 Å². The van der Waals surface area contributed by atoms with Crippen molar-refractivity contribution in [3.8, 4) is 5.75 Å². The maximum Gasteiger partial charge on any atom is 0.243 e. The third-order valence-electron chi connectivity index (χ3n) is 7.58. The molecule has 13 heteroatoms. The lowest BCUT2D eigenvalue weighted by Gasteiger charge is -2.40. The third kappa shape index (κ3) is 9.56. The first-order valence-corrected chi connectivity index (χ1v) is 14.4. The van der Waals surface area contributed by atoms with Crippen molar-refractivity contribution >= 4 is 23.9 Å². The number of rotatable bonds is 15. The van der Waals surface area contributed by atoms with Crippen molar-refractivity contribution in [2.45, 2.75) is 56.2 Å². The van der Waals surface area contributed by atoms with E-state index in [0.717, 1.165) is 6.92 Å². The van der Waals surface area contributed by atoms with Gasteiger partial charge in [0.25, 0.3) is 0 Å². The number of hydrogen-bond acceptors (Lipinski definition) is 10. The molecule has 0 spiro atoms. The lowest BCUT2D eigenvalue weighted by Crippen LogP contribution is -2.67. The fraction of sp³-hybridized carbons (Fsp3) is 0.484. The summed E-state index contributed by atoms with van der Waals surface area (Å²) < 4.78 is 10.5. The van der Waals surface area contributed by atoms with Crippen molar-refractivity contribution in [3.05, 3.63) is 65.7 Å². The molecule has 240 valence electrons. The molecule has 3 rings (SSSR count). The van der Waals surface area contributed by atoms with E-state index in [2.05, 4.69) is 16.0 Å². The van der Waals surface area contributed by atoms with Crippen molar-refractivity contribution in [3.63, 3.8) is 0 Å². The summed E-state index contributed by atoms with van der Waals surface area (Å²) in [6, 6.07) is 11.8. The van der Waals surface area contributed by atoms with Crippen LogP contribution in [0.1, 0.15) is 25.0 Å². The highest BCUT2D eigenvalue weighted by Gasteiger charge is 2.50. The predicted molar refractivity (Wildman–Crippen MR) is 162 cm³/mol. The lowest BCUT2D eigenvalue weighted by molar-refractivity contribution is -0.257. The third-order valence-corrected chi connectivity index (χ3v) is 7.58. The van der Waals surface area contributed by atoms with Crippen molar-refractivity contribution < 1.29 is 39.2 Å². The van der Waals surface area contributed by atoms with Crippen molar-refractivity contribution in [1.82, 2.24) is 20.9 Å². The van der Waals surface area contributed by atoms with E-state index in [1.165, 1.54) is 14.0 Å². The number of morpholine rings is 1. The van der Waals surface area contributed by atoms with E-state index >= 15 is 0 Å². The van der Waals surface area contributed by atoms with Crippen molar-refractivity contribution in [1.29, 1.82) is 5.41 Å². The number of carbonyl (C=O) groups is 3. The number of amides is 3. The standard InChI is InChI=1S/C31H43N5O8/c1-21(33-27(37)19-36-13-15-44-16-14-36)28(38)34-25(17-23-9-11-24(43-3)12-10-23)29(39)35-26(18-22-7-5-4-6-8-22)31(41,42)30(2,40)20-32/h4-12,20-21,25-26,32,40-42H,13-19H2,1-3H3,(H,33,37)(H,34,38)(H,35,39)/t21-,25-,26-,30+/m0/s1. The summed E-state index contributed by atoms with van der Waals surface area (Å²) in [5, 5.41) is 48.1. The number of carbonyl (C=O) groups excluding carboxylic acids is 3. The molecule has 44 heavy (non-hydrogen) atoms. The maximum atomic E-state index is 13.8. The molecule has 1 aliphatic heterocycles. The fourth-order valence-electron chi connectivity index (χ4n) is 4.69. The van der Waals surface area contributed by atoms with E-state index in [1.807, 2.05) is 4.90 Å². The quantitative estimate of drug-likeness (QED) is 0.101. The number of aliphatic hydroxyl groups is 3. The number of ether oxygens (including phenoxy) is 2. The molecule has 1 saturated heterocycles. The largest absolute Gasteiger partial charge is 0.497 e. The van der Waals surface area contributed by atoms with Crippen LogP contribution in [0, 0.1) is 5.41 Å². The highest BCUT2D eigenvalue weighted by molar-refractivity contribution is 5.92. The van der Waals surface area contributed by atoms with Gasteiger partial charge in [0, 0.05) is 25.7 Å². The Balaban J connectivity index is 1.81. The van der Waals surface area contributed by atoms with Gasteiger partial charge in [-0.3, -0.25) is 19.3 Å². The highest BCUT2D eigenvalue weighted by atomic mass is 16.5. The van der Waals surface area contributed by atoms with Crippen LogP contribution >= 0.6 is 0 Å². The molecule has 0 aliphatic carbocycles. The fourth-order valence-corrected chi connectivity index (χ4v) is 4.69. The smallest absolute Gasteiger partial charge is 0.243 e. The number of benzene rings is 2. The predicted octanol–water partition coefficient (Wildman–Crippen LogP) is -0.632. The summed E-state index contributed by atoms with van der Waals surface area (Å²) in [4.78, 5) is 41.5. The SMILES string of the molecule is COc1ccc(C[C@H](NC(=O)[C@H](C)NC(=O)CN2CCOCC2)C(=O)N[C@@H](Cc2ccccc2)C(O)(O)[C@](C)(O)C=N)cc1. The van der Waals surface area contributed by atoms with Gasteiger partial charge >= 0.3 is 0 Å². The number of hydrogen-bond donors (Lipinski definition) is 7. The Labute approximate surface area is 257 Å². The van der Waals surface area contributed by atoms with Gasteiger partial charge in [-0.05, 0) is 43.5 Å². The summed E-state index contributed by atoms with van der Waals surface area (Å²) in [5.41, 5.74) is -1.13. The van der Waals surface area contributed by atoms with Crippen LogP contribution in [-0.4, -0.2) is 114 Å². The zero-order chi connectivity index (χ0) is 32.3. The highest BCUT2D eigenvalue weighted by Crippen LogP contribution is 2.25. The Kier molecular flexibility index (Phi) is 12.4. The van der Waals surface area contributed by atoms with E-state index in [-0.39, 0.29) is 25.3 Å². The van der Waals surface area contributed by atoms with E-state index in [1.54, 1.807) is 54.6 Å². The minimum atomic E-state index is -2.96. The number of methoxy groups -OCH3 is 1. The van der Waals surface area contributed by atoms with Crippen LogP contribution in [0.15, 0.2) is 54.6 Å². The number of nitrogens with one attached hydrogen (secondary N) is 4. The van der Waals surface area contributed by atoms with Gasteiger partial charge in [-0.15, -0.1) is 0 Å². The zero-order valence-corrected chi connectivity index (χ0v) is 25.3. The average molecular weight is 614 g/mol. The summed E-state index contributed by atoms with van der Waals surface area (Å²) >= 11 is 0. The van der Waals surface area contributed by atoms with E-state index < -0.39 is 41.3 Å². The Hall–Kier alpha value is -3.88. The van der Waals surface area contributed by atoms with Crippen molar-refractivity contribution in [2.24, 2.45) is 0 Å². The van der Waals surface area contributed by atoms with Gasteiger partial charge in [-0.2, -0.15) is 0 Å². The second-order valence-corrected chi connectivity index (χ2v) is 11.1. The average Bonchev–Trinajstić information content (AvgIpc) is 3.01. The summed E-state index contributed by atoms with van der Waals surface area (Å²) in [5.74, 6) is -4.12. The van der Waals surface area contributed by atoms with Crippen LogP contribution in [-0.2, 0) is 32.0 Å². The molecular formula is C31H43N5O8. The van der Waals surface area contributed by atoms with Gasteiger partial charge in [0.2, 0.25) is 23.5 Å². The second kappa shape index (κ2) is 15.7. The Bertz CT molecular complexity index is 1250. The van der Waals surface area contributed by atoms with Crippen LogP contribution < -0.4 is 20.7 Å². The molecule has 1 heterocycles. The minimum absolute atomic E-state index is 0.0128. The molecule has 0 aromatic heterocycles. The first kappa shape index (κ1) is 34.6. The van der Waals surface area contributed by atoms with E-state index in [9.17, 15) is 29.7 Å². The Morgan fingerprint density at radius 1 is 0.955 bits per heavy atom. The summed E-state index contributed by atoms with van der Waals surface area (Å²) in [6.45, 7) is 4.89.